The van der Waals surface area contributed by atoms with Crippen molar-refractivity contribution in [3.8, 4) is 5.75 Å². The van der Waals surface area contributed by atoms with Crippen LogP contribution in [0.4, 0.5) is 13.2 Å². The highest BCUT2D eigenvalue weighted by molar-refractivity contribution is 5.99. The van der Waals surface area contributed by atoms with Crippen molar-refractivity contribution in [2.24, 2.45) is 17.8 Å². The van der Waals surface area contributed by atoms with Crippen LogP contribution in [0.25, 0.3) is 0 Å². The van der Waals surface area contributed by atoms with Crippen molar-refractivity contribution < 1.29 is 27.5 Å². The van der Waals surface area contributed by atoms with Crippen molar-refractivity contribution in [2.75, 3.05) is 13.1 Å². The maximum atomic E-state index is 13.2. The number of piperidine rings is 1. The summed E-state index contributed by atoms with van der Waals surface area (Å²) in [6.45, 7) is 9.33. The number of hydrogen-bond acceptors (Lipinski definition) is 3. The van der Waals surface area contributed by atoms with Gasteiger partial charge in [0.25, 0.3) is 0 Å². The zero-order chi connectivity index (χ0) is 24.6. The molecule has 34 heavy (non-hydrogen) atoms. The van der Waals surface area contributed by atoms with E-state index in [1.165, 1.54) is 17.7 Å². The zero-order valence-corrected chi connectivity index (χ0v) is 19.8. The second-order valence-corrected chi connectivity index (χ2v) is 10.00. The Balaban J connectivity index is 1.32. The molecule has 2 fully saturated rings. The number of carbonyl (C=O) groups excluding carboxylic acids is 2. The number of nitrogens with zero attached hydrogens (tertiary/aromatic N) is 1. The molecule has 0 unspecified atom stereocenters. The van der Waals surface area contributed by atoms with Crippen LogP contribution in [-0.4, -0.2) is 35.8 Å². The minimum atomic E-state index is -4.37. The molecule has 184 valence electrons. The molecule has 0 spiro atoms. The van der Waals surface area contributed by atoms with Crippen LogP contribution in [0.2, 0.25) is 0 Å². The number of allylic oxidation sites excluding steroid dienone is 2. The molecule has 1 amide bonds. The van der Waals surface area contributed by atoms with Crippen molar-refractivity contribution in [2.45, 2.75) is 64.7 Å². The van der Waals surface area contributed by atoms with Crippen LogP contribution in [0.3, 0.4) is 0 Å². The van der Waals surface area contributed by atoms with Crippen LogP contribution in [0.5, 0.6) is 5.75 Å². The molecular weight excluding hydrogens is 443 g/mol. The Bertz CT molecular complexity index is 987. The van der Waals surface area contributed by atoms with Crippen molar-refractivity contribution in [3.05, 3.63) is 53.1 Å². The van der Waals surface area contributed by atoms with E-state index in [4.69, 9.17) is 4.74 Å². The highest BCUT2D eigenvalue weighted by Gasteiger charge is 2.39. The number of ketones is 1. The number of hydrogen-bond donors (Lipinski definition) is 0. The topological polar surface area (TPSA) is 46.6 Å². The Morgan fingerprint density at radius 2 is 1.71 bits per heavy atom. The highest BCUT2D eigenvalue weighted by Crippen LogP contribution is 2.45. The van der Waals surface area contributed by atoms with Gasteiger partial charge >= 0.3 is 6.18 Å². The van der Waals surface area contributed by atoms with E-state index < -0.39 is 11.7 Å². The number of likely N-dealkylation sites (tertiary alicyclic amines) is 1. The van der Waals surface area contributed by atoms with Crippen molar-refractivity contribution in [3.63, 3.8) is 0 Å². The van der Waals surface area contributed by atoms with Crippen LogP contribution in [0, 0.1) is 17.8 Å². The number of alkyl halides is 3. The van der Waals surface area contributed by atoms with Gasteiger partial charge in [-0.15, -0.1) is 0 Å². The van der Waals surface area contributed by atoms with Gasteiger partial charge in [-0.05, 0) is 73.8 Å². The Morgan fingerprint density at radius 1 is 1.06 bits per heavy atom. The quantitative estimate of drug-likeness (QED) is 0.504. The third-order valence-electron chi connectivity index (χ3n) is 7.86. The number of carbonyl (C=O) groups is 2. The van der Waals surface area contributed by atoms with E-state index >= 15 is 0 Å². The molecule has 1 heterocycles. The monoisotopic (exact) mass is 475 g/mol. The summed E-state index contributed by atoms with van der Waals surface area (Å²) in [7, 11) is 0. The molecule has 4 rings (SSSR count). The van der Waals surface area contributed by atoms with Gasteiger partial charge in [-0.3, -0.25) is 9.59 Å². The fourth-order valence-electron chi connectivity index (χ4n) is 5.58. The first-order chi connectivity index (χ1) is 16.0. The number of amides is 1. The predicted octanol–water partition coefficient (Wildman–Crippen LogP) is 5.97. The van der Waals surface area contributed by atoms with Gasteiger partial charge in [0.1, 0.15) is 11.9 Å². The molecule has 0 aromatic heterocycles. The van der Waals surface area contributed by atoms with Gasteiger partial charge in [-0.2, -0.15) is 13.2 Å². The van der Waals surface area contributed by atoms with Gasteiger partial charge < -0.3 is 9.64 Å². The zero-order valence-electron chi connectivity index (χ0n) is 19.8. The fraction of sp³-hybridized carbons (Fsp3) is 0.556. The molecule has 3 aliphatic rings. The third-order valence-corrected chi connectivity index (χ3v) is 7.86. The predicted molar refractivity (Wildman–Crippen MR) is 123 cm³/mol. The molecule has 7 heteroatoms. The Hall–Kier alpha value is -2.57. The van der Waals surface area contributed by atoms with Gasteiger partial charge in [-0.25, -0.2) is 0 Å². The first kappa shape index (κ1) is 24.6. The number of benzene rings is 1. The van der Waals surface area contributed by atoms with Crippen LogP contribution < -0.4 is 4.74 Å². The largest absolute Gasteiger partial charge is 0.490 e. The summed E-state index contributed by atoms with van der Waals surface area (Å²) < 4.78 is 44.1. The second kappa shape index (κ2) is 9.59. The summed E-state index contributed by atoms with van der Waals surface area (Å²) in [6.07, 6.45) is -0.0654. The third kappa shape index (κ3) is 5.08. The van der Waals surface area contributed by atoms with E-state index in [-0.39, 0.29) is 23.7 Å². The molecule has 1 aliphatic heterocycles. The van der Waals surface area contributed by atoms with Gasteiger partial charge in [-0.1, -0.05) is 19.1 Å². The minimum absolute atomic E-state index is 0.0355. The van der Waals surface area contributed by atoms with Gasteiger partial charge in [0.2, 0.25) is 5.91 Å². The number of halogens is 3. The molecule has 0 N–H and O–H groups in total. The maximum Gasteiger partial charge on any atom is 0.416 e. The first-order valence-electron chi connectivity index (χ1n) is 12.1. The number of ether oxygens (including phenoxy) is 1. The van der Waals surface area contributed by atoms with E-state index in [1.807, 2.05) is 11.8 Å². The number of Topliss-reactive ketones (excluding diaryl/α,β-unsaturated/α-hetero) is 1. The SMILES string of the molecule is C=C(C(=O)N1CCC(Oc2ccc(C(F)(F)F)cc2)CC1)[C@@H]1CC[C@H](C)[C@@H]2CC(=O)C(C)=C2C1. The van der Waals surface area contributed by atoms with Crippen LogP contribution in [0.1, 0.15) is 57.9 Å². The lowest BCUT2D eigenvalue weighted by atomic mass is 9.86. The summed E-state index contributed by atoms with van der Waals surface area (Å²) >= 11 is 0. The van der Waals surface area contributed by atoms with E-state index in [2.05, 4.69) is 13.5 Å². The summed E-state index contributed by atoms with van der Waals surface area (Å²) in [4.78, 5) is 27.3. The Labute approximate surface area is 198 Å². The normalized spacial score (nSPS) is 26.3. The molecule has 1 aromatic carbocycles. The van der Waals surface area contributed by atoms with Crippen LogP contribution in [-0.2, 0) is 15.8 Å². The van der Waals surface area contributed by atoms with Gasteiger partial charge in [0.05, 0.1) is 5.56 Å². The number of rotatable bonds is 4. The van der Waals surface area contributed by atoms with E-state index in [1.54, 1.807) is 0 Å². The van der Waals surface area contributed by atoms with Crippen molar-refractivity contribution in [1.82, 2.24) is 4.90 Å². The number of fused-ring (bicyclic) bond motifs is 1. The molecule has 2 aliphatic carbocycles. The fourth-order valence-corrected chi connectivity index (χ4v) is 5.58. The lowest BCUT2D eigenvalue weighted by Gasteiger charge is -2.34. The summed E-state index contributed by atoms with van der Waals surface area (Å²) in [5, 5.41) is 0. The molecule has 1 saturated carbocycles. The van der Waals surface area contributed by atoms with Gasteiger partial charge in [0.15, 0.2) is 5.78 Å². The Kier molecular flexibility index (Phi) is 6.92. The lowest BCUT2D eigenvalue weighted by Crippen LogP contribution is -2.43. The summed E-state index contributed by atoms with van der Waals surface area (Å²) in [6, 6.07) is 4.72. The molecule has 0 bridgehead atoms. The van der Waals surface area contributed by atoms with Crippen LogP contribution >= 0.6 is 0 Å². The average molecular weight is 476 g/mol. The smallest absolute Gasteiger partial charge is 0.416 e. The minimum Gasteiger partial charge on any atom is -0.490 e. The van der Waals surface area contributed by atoms with E-state index in [0.717, 1.165) is 37.0 Å². The molecule has 4 nitrogen and oxygen atoms in total. The lowest BCUT2D eigenvalue weighted by molar-refractivity contribution is -0.137. The summed E-state index contributed by atoms with van der Waals surface area (Å²) in [5.41, 5.74) is 2.02. The standard InChI is InChI=1S/C27H32F3NO3/c1-16-4-5-19(14-24-18(3)25(32)15-23(16)24)17(2)26(33)31-12-10-22(11-13-31)34-21-8-6-20(7-9-21)27(28,29)30/h6-9,16,19,22-23H,2,4-5,10-15H2,1,3H3/t16-,19+,23-/m0/s1. The van der Waals surface area contributed by atoms with E-state index in [9.17, 15) is 22.8 Å². The Morgan fingerprint density at radius 3 is 2.32 bits per heavy atom. The van der Waals surface area contributed by atoms with E-state index in [0.29, 0.717) is 55.5 Å². The molecule has 3 atom stereocenters. The first-order valence-corrected chi connectivity index (χ1v) is 12.1. The second-order valence-electron chi connectivity index (χ2n) is 10.00. The van der Waals surface area contributed by atoms with Gasteiger partial charge in [0, 0.05) is 37.9 Å². The van der Waals surface area contributed by atoms with Crippen LogP contribution in [0.15, 0.2) is 47.6 Å². The highest BCUT2D eigenvalue weighted by atomic mass is 19.4. The molecular formula is C27H32F3NO3. The molecule has 0 radical (unpaired) electrons. The van der Waals surface area contributed by atoms with Crippen molar-refractivity contribution >= 4 is 11.7 Å². The summed E-state index contributed by atoms with van der Waals surface area (Å²) in [5.74, 6) is 1.39. The maximum absolute atomic E-state index is 13.2. The average Bonchev–Trinajstić information content (AvgIpc) is 2.98. The molecule has 1 aromatic rings. The van der Waals surface area contributed by atoms with Crippen molar-refractivity contribution in [1.29, 1.82) is 0 Å². The molecule has 1 saturated heterocycles.